The van der Waals surface area contributed by atoms with E-state index in [1.165, 1.54) is 12.8 Å². The summed E-state index contributed by atoms with van der Waals surface area (Å²) in [6.45, 7) is 6.75. The second-order valence-corrected chi connectivity index (χ2v) is 4.81. The van der Waals surface area contributed by atoms with Crippen LogP contribution in [-0.2, 0) is 0 Å². The lowest BCUT2D eigenvalue weighted by Gasteiger charge is -2.30. The van der Waals surface area contributed by atoms with E-state index in [1.807, 2.05) is 13.8 Å². The number of likely N-dealkylation sites (N-methyl/N-ethyl adjacent to an activating group) is 1. The standard InChI is InChI=1S/C10H21NO/c1-8(9-5-6-9)11(4)7-10(2,3)12/h8-9,12H,5-7H2,1-4H3. The van der Waals surface area contributed by atoms with Crippen LogP contribution < -0.4 is 0 Å². The maximum atomic E-state index is 9.60. The molecule has 0 amide bonds. The van der Waals surface area contributed by atoms with E-state index in [9.17, 15) is 5.11 Å². The molecule has 1 fully saturated rings. The highest BCUT2D eigenvalue weighted by Gasteiger charge is 2.31. The predicted molar refractivity (Wildman–Crippen MR) is 51.1 cm³/mol. The third-order valence-electron chi connectivity index (χ3n) is 2.64. The van der Waals surface area contributed by atoms with Crippen molar-refractivity contribution in [2.24, 2.45) is 5.92 Å². The van der Waals surface area contributed by atoms with Crippen LogP contribution in [0.5, 0.6) is 0 Å². The maximum absolute atomic E-state index is 9.60. The van der Waals surface area contributed by atoms with Crippen molar-refractivity contribution in [1.82, 2.24) is 4.90 Å². The van der Waals surface area contributed by atoms with Gasteiger partial charge in [-0.1, -0.05) is 0 Å². The maximum Gasteiger partial charge on any atom is 0.0718 e. The molecule has 1 atom stereocenters. The van der Waals surface area contributed by atoms with Crippen LogP contribution in [0.2, 0.25) is 0 Å². The van der Waals surface area contributed by atoms with Gasteiger partial charge in [0.15, 0.2) is 0 Å². The van der Waals surface area contributed by atoms with Gasteiger partial charge in [0.05, 0.1) is 5.60 Å². The summed E-state index contributed by atoms with van der Waals surface area (Å²) in [6.07, 6.45) is 2.74. The molecule has 0 heterocycles. The molecule has 0 saturated heterocycles. The Bertz CT molecular complexity index is 146. The van der Waals surface area contributed by atoms with Crippen molar-refractivity contribution < 1.29 is 5.11 Å². The van der Waals surface area contributed by atoms with Crippen molar-refractivity contribution in [2.75, 3.05) is 13.6 Å². The van der Waals surface area contributed by atoms with E-state index in [2.05, 4.69) is 18.9 Å². The van der Waals surface area contributed by atoms with Gasteiger partial charge in [0.2, 0.25) is 0 Å². The monoisotopic (exact) mass is 171 g/mol. The smallest absolute Gasteiger partial charge is 0.0718 e. The van der Waals surface area contributed by atoms with E-state index in [0.717, 1.165) is 12.5 Å². The van der Waals surface area contributed by atoms with Crippen molar-refractivity contribution in [3.63, 3.8) is 0 Å². The molecular formula is C10H21NO. The molecule has 1 rings (SSSR count). The van der Waals surface area contributed by atoms with Gasteiger partial charge in [-0.05, 0) is 46.6 Å². The van der Waals surface area contributed by atoms with Gasteiger partial charge >= 0.3 is 0 Å². The van der Waals surface area contributed by atoms with Gasteiger partial charge in [-0.3, -0.25) is 0 Å². The molecule has 0 bridgehead atoms. The van der Waals surface area contributed by atoms with Gasteiger partial charge in [-0.15, -0.1) is 0 Å². The quantitative estimate of drug-likeness (QED) is 0.692. The highest BCUT2D eigenvalue weighted by molar-refractivity contribution is 4.85. The van der Waals surface area contributed by atoms with Gasteiger partial charge in [-0.25, -0.2) is 0 Å². The third-order valence-corrected chi connectivity index (χ3v) is 2.64. The predicted octanol–water partition coefficient (Wildman–Crippen LogP) is 1.49. The first-order valence-corrected chi connectivity index (χ1v) is 4.83. The zero-order valence-electron chi connectivity index (χ0n) is 8.67. The molecule has 0 spiro atoms. The molecule has 2 nitrogen and oxygen atoms in total. The first kappa shape index (κ1) is 10.0. The Labute approximate surface area is 75.6 Å². The SMILES string of the molecule is CC(C1CC1)N(C)CC(C)(C)O. The molecule has 1 aliphatic rings. The van der Waals surface area contributed by atoms with Crippen LogP contribution in [0.15, 0.2) is 0 Å². The molecule has 1 unspecified atom stereocenters. The van der Waals surface area contributed by atoms with Crippen molar-refractivity contribution in [3.8, 4) is 0 Å². The van der Waals surface area contributed by atoms with Gasteiger partial charge < -0.3 is 10.0 Å². The molecule has 0 aromatic rings. The summed E-state index contributed by atoms with van der Waals surface area (Å²) in [7, 11) is 2.10. The molecular weight excluding hydrogens is 150 g/mol. The highest BCUT2D eigenvalue weighted by Crippen LogP contribution is 2.34. The summed E-state index contributed by atoms with van der Waals surface area (Å²) >= 11 is 0. The van der Waals surface area contributed by atoms with E-state index >= 15 is 0 Å². The van der Waals surface area contributed by atoms with Gasteiger partial charge in [0.1, 0.15) is 0 Å². The van der Waals surface area contributed by atoms with Crippen molar-refractivity contribution >= 4 is 0 Å². The van der Waals surface area contributed by atoms with Crippen molar-refractivity contribution in [2.45, 2.75) is 45.3 Å². The van der Waals surface area contributed by atoms with E-state index in [-0.39, 0.29) is 0 Å². The molecule has 1 aliphatic carbocycles. The average molecular weight is 171 g/mol. The van der Waals surface area contributed by atoms with Crippen molar-refractivity contribution in [1.29, 1.82) is 0 Å². The zero-order chi connectivity index (χ0) is 9.35. The lowest BCUT2D eigenvalue weighted by Crippen LogP contribution is -2.41. The van der Waals surface area contributed by atoms with Gasteiger partial charge in [0, 0.05) is 12.6 Å². The Balaban J connectivity index is 2.31. The van der Waals surface area contributed by atoms with Gasteiger partial charge in [0.25, 0.3) is 0 Å². The van der Waals surface area contributed by atoms with Crippen LogP contribution in [-0.4, -0.2) is 35.2 Å². The average Bonchev–Trinajstić information content (AvgIpc) is 2.62. The Hall–Kier alpha value is -0.0800. The van der Waals surface area contributed by atoms with Crippen molar-refractivity contribution in [3.05, 3.63) is 0 Å². The van der Waals surface area contributed by atoms with Gasteiger partial charge in [-0.2, -0.15) is 0 Å². The summed E-state index contributed by atoms with van der Waals surface area (Å²) in [4.78, 5) is 2.26. The molecule has 1 saturated carbocycles. The molecule has 0 aliphatic heterocycles. The minimum absolute atomic E-state index is 0.558. The second kappa shape index (κ2) is 3.35. The lowest BCUT2D eigenvalue weighted by molar-refractivity contribution is 0.0306. The van der Waals surface area contributed by atoms with Crippen LogP contribution in [0.1, 0.15) is 33.6 Å². The second-order valence-electron chi connectivity index (χ2n) is 4.81. The highest BCUT2D eigenvalue weighted by atomic mass is 16.3. The fraction of sp³-hybridized carbons (Fsp3) is 1.00. The Kier molecular flexibility index (Phi) is 2.79. The summed E-state index contributed by atoms with van der Waals surface area (Å²) < 4.78 is 0. The zero-order valence-corrected chi connectivity index (χ0v) is 8.67. The topological polar surface area (TPSA) is 23.5 Å². The van der Waals surface area contributed by atoms with Crippen LogP contribution in [0.25, 0.3) is 0 Å². The minimum Gasteiger partial charge on any atom is -0.389 e. The van der Waals surface area contributed by atoms with Crippen LogP contribution >= 0.6 is 0 Å². The van der Waals surface area contributed by atoms with Crippen LogP contribution in [0, 0.1) is 5.92 Å². The number of rotatable bonds is 4. The molecule has 72 valence electrons. The largest absolute Gasteiger partial charge is 0.389 e. The van der Waals surface area contributed by atoms with E-state index < -0.39 is 5.60 Å². The summed E-state index contributed by atoms with van der Waals surface area (Å²) in [5.41, 5.74) is -0.558. The normalized spacial score (nSPS) is 21.5. The number of hydrogen-bond acceptors (Lipinski definition) is 2. The number of aliphatic hydroxyl groups is 1. The summed E-state index contributed by atoms with van der Waals surface area (Å²) in [6, 6.07) is 0.636. The van der Waals surface area contributed by atoms with E-state index in [0.29, 0.717) is 6.04 Å². The van der Waals surface area contributed by atoms with E-state index in [4.69, 9.17) is 0 Å². The molecule has 1 N–H and O–H groups in total. The number of hydrogen-bond donors (Lipinski definition) is 1. The summed E-state index contributed by atoms with van der Waals surface area (Å²) in [5.74, 6) is 0.886. The Morgan fingerprint density at radius 1 is 1.50 bits per heavy atom. The minimum atomic E-state index is -0.558. The Morgan fingerprint density at radius 2 is 2.00 bits per heavy atom. The summed E-state index contributed by atoms with van der Waals surface area (Å²) in [5, 5.41) is 9.60. The number of nitrogens with zero attached hydrogens (tertiary/aromatic N) is 1. The first-order valence-electron chi connectivity index (χ1n) is 4.83. The fourth-order valence-electron chi connectivity index (χ4n) is 1.69. The van der Waals surface area contributed by atoms with Crippen LogP contribution in [0.4, 0.5) is 0 Å². The lowest BCUT2D eigenvalue weighted by atomic mass is 10.1. The molecule has 2 heteroatoms. The van der Waals surface area contributed by atoms with Crippen LogP contribution in [0.3, 0.4) is 0 Å². The third kappa shape index (κ3) is 3.11. The molecule has 0 radical (unpaired) electrons. The molecule has 0 aromatic heterocycles. The first-order chi connectivity index (χ1) is 5.40. The fourth-order valence-corrected chi connectivity index (χ4v) is 1.69. The Morgan fingerprint density at radius 3 is 2.33 bits per heavy atom. The van der Waals surface area contributed by atoms with E-state index in [1.54, 1.807) is 0 Å². The molecule has 12 heavy (non-hydrogen) atoms. The molecule has 0 aromatic carbocycles.